The molecule has 1 heterocycles. The Morgan fingerprint density at radius 3 is 2.00 bits per heavy atom. The van der Waals surface area contributed by atoms with Gasteiger partial charge in [0.05, 0.1) is 32.0 Å². The van der Waals surface area contributed by atoms with Gasteiger partial charge in [-0.25, -0.2) is 0 Å². The highest BCUT2D eigenvalue weighted by molar-refractivity contribution is 5.14. The van der Waals surface area contributed by atoms with Crippen LogP contribution in [0.15, 0.2) is 65.8 Å². The number of hydrogen-bond donors (Lipinski definition) is 0. The van der Waals surface area contributed by atoms with Crippen LogP contribution in [0.1, 0.15) is 18.1 Å². The fourth-order valence-electron chi connectivity index (χ4n) is 3.56. The van der Waals surface area contributed by atoms with Gasteiger partial charge in [-0.05, 0) is 16.7 Å². The zero-order valence-corrected chi connectivity index (χ0v) is 16.8. The number of benzene rings is 2. The van der Waals surface area contributed by atoms with E-state index >= 15 is 0 Å². The molecule has 0 aromatic heterocycles. The molecular formula is C22H27N3O4. The lowest BCUT2D eigenvalue weighted by molar-refractivity contribution is -0.286. The largest absolute Gasteiger partial charge is 0.370 e. The minimum atomic E-state index is -0.466. The van der Waals surface area contributed by atoms with Crippen LogP contribution < -0.4 is 0 Å². The Bertz CT molecular complexity index is 783. The molecule has 0 N–H and O–H groups in total. The second kappa shape index (κ2) is 11.0. The summed E-state index contributed by atoms with van der Waals surface area (Å²) in [5, 5.41) is 3.71. The molecule has 0 radical (unpaired) electrons. The SMILES string of the molecule is CO[C@H]1OC(CN=[N+]=[N-])[C@@H](OCc2ccccc2)C(OCc2ccccc2)C1C. The summed E-state index contributed by atoms with van der Waals surface area (Å²) in [6.07, 6.45) is -1.61. The van der Waals surface area contributed by atoms with Gasteiger partial charge in [-0.1, -0.05) is 72.7 Å². The van der Waals surface area contributed by atoms with Crippen LogP contribution in [0.25, 0.3) is 10.4 Å². The molecule has 3 rings (SSSR count). The molecule has 1 saturated heterocycles. The normalized spacial score (nSPS) is 26.6. The Kier molecular flexibility index (Phi) is 8.04. The Morgan fingerprint density at radius 1 is 0.931 bits per heavy atom. The molecule has 0 aliphatic carbocycles. The maximum atomic E-state index is 8.78. The Hall–Kier alpha value is -2.41. The van der Waals surface area contributed by atoms with Crippen molar-refractivity contribution in [3.05, 3.63) is 82.2 Å². The smallest absolute Gasteiger partial charge is 0.162 e. The Labute approximate surface area is 171 Å². The van der Waals surface area contributed by atoms with Gasteiger partial charge in [0, 0.05) is 17.9 Å². The second-order valence-corrected chi connectivity index (χ2v) is 7.07. The number of azide groups is 1. The van der Waals surface area contributed by atoms with Gasteiger partial charge in [-0.2, -0.15) is 0 Å². The monoisotopic (exact) mass is 397 g/mol. The van der Waals surface area contributed by atoms with Crippen molar-refractivity contribution in [1.82, 2.24) is 0 Å². The molecular weight excluding hydrogens is 370 g/mol. The molecule has 3 unspecified atom stereocenters. The zero-order chi connectivity index (χ0) is 20.5. The van der Waals surface area contributed by atoms with Gasteiger partial charge >= 0.3 is 0 Å². The number of hydrogen-bond acceptors (Lipinski definition) is 5. The second-order valence-electron chi connectivity index (χ2n) is 7.07. The topological polar surface area (TPSA) is 85.7 Å². The highest BCUT2D eigenvalue weighted by Gasteiger charge is 2.45. The van der Waals surface area contributed by atoms with Crippen LogP contribution in [0.5, 0.6) is 0 Å². The lowest BCUT2D eigenvalue weighted by Gasteiger charge is -2.44. The first-order valence-electron chi connectivity index (χ1n) is 9.73. The lowest BCUT2D eigenvalue weighted by Crippen LogP contribution is -2.57. The molecule has 5 atom stereocenters. The molecule has 0 bridgehead atoms. The summed E-state index contributed by atoms with van der Waals surface area (Å²) in [6, 6.07) is 19.9. The first kappa shape index (κ1) is 21.3. The van der Waals surface area contributed by atoms with Crippen molar-refractivity contribution in [3.8, 4) is 0 Å². The van der Waals surface area contributed by atoms with Crippen LogP contribution in [-0.2, 0) is 32.2 Å². The number of nitrogens with zero attached hydrogens (tertiary/aromatic N) is 3. The van der Waals surface area contributed by atoms with Gasteiger partial charge in [0.15, 0.2) is 6.29 Å². The van der Waals surface area contributed by atoms with E-state index < -0.39 is 18.5 Å². The number of rotatable bonds is 9. The highest BCUT2D eigenvalue weighted by atomic mass is 16.7. The van der Waals surface area contributed by atoms with Crippen molar-refractivity contribution in [2.45, 2.75) is 44.7 Å². The van der Waals surface area contributed by atoms with E-state index in [0.29, 0.717) is 13.2 Å². The summed E-state index contributed by atoms with van der Waals surface area (Å²) in [4.78, 5) is 2.88. The van der Waals surface area contributed by atoms with Gasteiger partial charge in [0.2, 0.25) is 0 Å². The van der Waals surface area contributed by atoms with Crippen LogP contribution in [0, 0.1) is 5.92 Å². The molecule has 7 nitrogen and oxygen atoms in total. The van der Waals surface area contributed by atoms with E-state index in [4.69, 9.17) is 24.5 Å². The average molecular weight is 397 g/mol. The predicted molar refractivity (Wildman–Crippen MR) is 109 cm³/mol. The van der Waals surface area contributed by atoms with E-state index in [2.05, 4.69) is 10.0 Å². The van der Waals surface area contributed by atoms with Gasteiger partial charge in [-0.15, -0.1) is 0 Å². The molecule has 2 aromatic rings. The molecule has 1 aliphatic heterocycles. The minimum Gasteiger partial charge on any atom is -0.370 e. The van der Waals surface area contributed by atoms with E-state index in [9.17, 15) is 0 Å². The van der Waals surface area contributed by atoms with Crippen LogP contribution in [0.3, 0.4) is 0 Å². The average Bonchev–Trinajstić information content (AvgIpc) is 2.77. The lowest BCUT2D eigenvalue weighted by atomic mass is 9.91. The fourth-order valence-corrected chi connectivity index (χ4v) is 3.56. The van der Waals surface area contributed by atoms with Crippen molar-refractivity contribution < 1.29 is 18.9 Å². The summed E-state index contributed by atoms with van der Waals surface area (Å²) in [6.45, 7) is 3.03. The summed E-state index contributed by atoms with van der Waals surface area (Å²) >= 11 is 0. The predicted octanol–water partition coefficient (Wildman–Crippen LogP) is 4.47. The van der Waals surface area contributed by atoms with Gasteiger partial charge in [-0.3, -0.25) is 0 Å². The van der Waals surface area contributed by atoms with Gasteiger partial charge in [0.25, 0.3) is 0 Å². The number of methoxy groups -OCH3 is 1. The molecule has 0 saturated carbocycles. The van der Waals surface area contributed by atoms with Crippen LogP contribution >= 0.6 is 0 Å². The van der Waals surface area contributed by atoms with E-state index in [0.717, 1.165) is 11.1 Å². The quantitative estimate of drug-likeness (QED) is 0.355. The summed E-state index contributed by atoms with van der Waals surface area (Å²) in [5.74, 6) is -0.0631. The molecule has 0 amide bonds. The molecule has 1 aliphatic rings. The van der Waals surface area contributed by atoms with Crippen molar-refractivity contribution in [3.63, 3.8) is 0 Å². The molecule has 7 heteroatoms. The van der Waals surface area contributed by atoms with E-state index in [1.165, 1.54) is 0 Å². The Balaban J connectivity index is 1.78. The van der Waals surface area contributed by atoms with Crippen LogP contribution in [0.4, 0.5) is 0 Å². The van der Waals surface area contributed by atoms with Crippen LogP contribution in [-0.4, -0.2) is 38.3 Å². The van der Waals surface area contributed by atoms with E-state index in [-0.39, 0.29) is 18.6 Å². The van der Waals surface area contributed by atoms with Crippen molar-refractivity contribution in [1.29, 1.82) is 0 Å². The third-order valence-electron chi connectivity index (χ3n) is 5.07. The maximum absolute atomic E-state index is 8.78. The first-order chi connectivity index (χ1) is 14.2. The van der Waals surface area contributed by atoms with Crippen molar-refractivity contribution >= 4 is 0 Å². The van der Waals surface area contributed by atoms with Crippen molar-refractivity contribution in [2.24, 2.45) is 11.0 Å². The van der Waals surface area contributed by atoms with Gasteiger partial charge < -0.3 is 18.9 Å². The molecule has 29 heavy (non-hydrogen) atoms. The first-order valence-corrected chi connectivity index (χ1v) is 9.73. The maximum Gasteiger partial charge on any atom is 0.162 e. The van der Waals surface area contributed by atoms with E-state index in [1.807, 2.05) is 67.6 Å². The molecule has 0 spiro atoms. The molecule has 1 fully saturated rings. The fraction of sp³-hybridized carbons (Fsp3) is 0.455. The third kappa shape index (κ3) is 5.79. The number of ether oxygens (including phenoxy) is 4. The zero-order valence-electron chi connectivity index (χ0n) is 16.8. The standard InChI is InChI=1S/C22H27N3O4/c1-16-20(27-14-17-9-5-3-6-10-17)21(28-15-18-11-7-4-8-12-18)19(13-24-25-23)29-22(16)26-2/h3-12,16,19-22H,13-15H2,1-2H3/t16?,19?,20?,21-,22+/m1/s1. The van der Waals surface area contributed by atoms with Crippen LogP contribution in [0.2, 0.25) is 0 Å². The molecule has 154 valence electrons. The summed E-state index contributed by atoms with van der Waals surface area (Å²) in [5.41, 5.74) is 10.9. The minimum absolute atomic E-state index is 0.0631. The summed E-state index contributed by atoms with van der Waals surface area (Å²) < 4.78 is 24.1. The summed E-state index contributed by atoms with van der Waals surface area (Å²) in [7, 11) is 1.60. The van der Waals surface area contributed by atoms with Crippen molar-refractivity contribution in [2.75, 3.05) is 13.7 Å². The highest BCUT2D eigenvalue weighted by Crippen LogP contribution is 2.32. The Morgan fingerprint density at radius 2 is 1.48 bits per heavy atom. The molecule has 2 aromatic carbocycles. The third-order valence-corrected chi connectivity index (χ3v) is 5.07. The van der Waals surface area contributed by atoms with E-state index in [1.54, 1.807) is 7.11 Å². The van der Waals surface area contributed by atoms with Gasteiger partial charge in [0.1, 0.15) is 6.10 Å².